The molecule has 8 heteroatoms. The van der Waals surface area contributed by atoms with Gasteiger partial charge in [-0.25, -0.2) is 13.2 Å². The van der Waals surface area contributed by atoms with Crippen LogP contribution < -0.4 is 0 Å². The van der Waals surface area contributed by atoms with Crippen LogP contribution in [0, 0.1) is 0 Å². The molecule has 0 aromatic carbocycles. The standard InChI is InChI=1S/C16H36N.C8H17NO5S/c1-5-9-13-17(14-10-6-2,15-11-7-3)16-12-8-4;1-8(2,3)14-7(10)9(4)5-6-15(11,12)13/h5-16H2,1-4H3;5-6H2,1-4H3,(H,11,12,13)/q+1;/p-1. The van der Waals surface area contributed by atoms with E-state index in [0.29, 0.717) is 0 Å². The molecule has 0 spiro atoms. The predicted octanol–water partition coefficient (Wildman–Crippen LogP) is 5.40. The van der Waals surface area contributed by atoms with E-state index in [9.17, 15) is 17.8 Å². The maximum absolute atomic E-state index is 11.3. The van der Waals surface area contributed by atoms with Gasteiger partial charge in [0.1, 0.15) is 5.60 Å². The number of amides is 1. The van der Waals surface area contributed by atoms with Crippen molar-refractivity contribution in [2.24, 2.45) is 0 Å². The number of ether oxygens (including phenoxy) is 1. The molecule has 194 valence electrons. The summed E-state index contributed by atoms with van der Waals surface area (Å²) in [6.45, 7) is 19.9. The maximum atomic E-state index is 11.3. The summed E-state index contributed by atoms with van der Waals surface area (Å²) < 4.78 is 37.3. The Morgan fingerprint density at radius 3 is 1.44 bits per heavy atom. The highest BCUT2D eigenvalue weighted by Crippen LogP contribution is 2.16. The number of unbranched alkanes of at least 4 members (excludes halogenated alkanes) is 4. The number of carbonyl (C=O) groups excluding carboxylic acids is 1. The molecular weight excluding hydrogens is 428 g/mol. The zero-order valence-electron chi connectivity index (χ0n) is 22.2. The normalized spacial score (nSPS) is 12.2. The number of quaternary nitrogens is 1. The molecule has 0 N–H and O–H groups in total. The summed E-state index contributed by atoms with van der Waals surface area (Å²) >= 11 is 0. The molecule has 0 aliphatic carbocycles. The van der Waals surface area contributed by atoms with Gasteiger partial charge in [-0.2, -0.15) is 0 Å². The predicted molar refractivity (Wildman–Crippen MR) is 133 cm³/mol. The maximum Gasteiger partial charge on any atom is 0.410 e. The Labute approximate surface area is 199 Å². The van der Waals surface area contributed by atoms with E-state index in [1.165, 1.54) is 89.1 Å². The average Bonchev–Trinajstić information content (AvgIpc) is 2.69. The Hall–Kier alpha value is -0.860. The summed E-state index contributed by atoms with van der Waals surface area (Å²) in [5, 5.41) is 0. The zero-order chi connectivity index (χ0) is 25.3. The Bertz CT molecular complexity index is 536. The fourth-order valence-electron chi connectivity index (χ4n) is 3.32. The minimum absolute atomic E-state index is 0.166. The Morgan fingerprint density at radius 2 is 1.19 bits per heavy atom. The second kappa shape index (κ2) is 17.6. The van der Waals surface area contributed by atoms with E-state index < -0.39 is 27.6 Å². The van der Waals surface area contributed by atoms with Crippen LogP contribution in [0.15, 0.2) is 0 Å². The second-order valence-electron chi connectivity index (χ2n) is 9.81. The summed E-state index contributed by atoms with van der Waals surface area (Å²) in [5.74, 6) is -0.608. The molecule has 1 amide bonds. The first-order valence-electron chi connectivity index (χ1n) is 12.5. The molecule has 0 aliphatic rings. The SMILES string of the molecule is CCCC[N+](CCCC)(CCCC)CCCC.CN(CCS(=O)(=O)[O-])C(=O)OC(C)(C)C. The van der Waals surface area contributed by atoms with Crippen molar-refractivity contribution in [2.45, 2.75) is 105 Å². The summed E-state index contributed by atoms with van der Waals surface area (Å²) in [5.41, 5.74) is -0.637. The lowest BCUT2D eigenvalue weighted by molar-refractivity contribution is -0.929. The Morgan fingerprint density at radius 1 is 0.844 bits per heavy atom. The van der Waals surface area contributed by atoms with Gasteiger partial charge in [0.05, 0.1) is 42.1 Å². The van der Waals surface area contributed by atoms with Crippen LogP contribution in [0.2, 0.25) is 0 Å². The van der Waals surface area contributed by atoms with E-state index in [1.807, 2.05) is 0 Å². The summed E-state index contributed by atoms with van der Waals surface area (Å²) in [7, 11) is -2.92. The average molecular weight is 481 g/mol. The molecule has 0 atom stereocenters. The molecule has 0 aromatic rings. The fraction of sp³-hybridized carbons (Fsp3) is 0.958. The van der Waals surface area contributed by atoms with Gasteiger partial charge in [-0.05, 0) is 46.5 Å². The third-order valence-corrected chi connectivity index (χ3v) is 6.01. The van der Waals surface area contributed by atoms with Crippen LogP contribution in [-0.2, 0) is 14.9 Å². The topological polar surface area (TPSA) is 86.7 Å². The number of hydrogen-bond acceptors (Lipinski definition) is 5. The first-order valence-corrected chi connectivity index (χ1v) is 14.1. The largest absolute Gasteiger partial charge is 0.748 e. The van der Waals surface area contributed by atoms with E-state index in [4.69, 9.17) is 4.74 Å². The molecule has 0 saturated carbocycles. The summed E-state index contributed by atoms with van der Waals surface area (Å²) in [6.07, 6.45) is 10.4. The lowest BCUT2D eigenvalue weighted by Gasteiger charge is -2.39. The van der Waals surface area contributed by atoms with Gasteiger partial charge in [0.25, 0.3) is 0 Å². The number of hydrogen-bond donors (Lipinski definition) is 0. The summed E-state index contributed by atoms with van der Waals surface area (Å²) in [4.78, 5) is 12.3. The third-order valence-electron chi connectivity index (χ3n) is 5.33. The van der Waals surface area contributed by atoms with E-state index in [2.05, 4.69) is 27.7 Å². The van der Waals surface area contributed by atoms with Crippen molar-refractivity contribution in [1.82, 2.24) is 4.90 Å². The van der Waals surface area contributed by atoms with Gasteiger partial charge < -0.3 is 18.7 Å². The van der Waals surface area contributed by atoms with Crippen LogP contribution in [-0.4, -0.2) is 79.6 Å². The van der Waals surface area contributed by atoms with Crippen LogP contribution in [0.1, 0.15) is 99.8 Å². The molecule has 0 radical (unpaired) electrons. The number of rotatable bonds is 15. The molecular formula is C24H52N2O5S. The smallest absolute Gasteiger partial charge is 0.410 e. The monoisotopic (exact) mass is 480 g/mol. The lowest BCUT2D eigenvalue weighted by atomic mass is 10.1. The fourth-order valence-corrected chi connectivity index (χ4v) is 3.82. The van der Waals surface area contributed by atoms with Crippen LogP contribution in [0.25, 0.3) is 0 Å². The number of nitrogens with zero attached hydrogens (tertiary/aromatic N) is 2. The highest BCUT2D eigenvalue weighted by Gasteiger charge is 2.24. The van der Waals surface area contributed by atoms with Crippen LogP contribution >= 0.6 is 0 Å². The van der Waals surface area contributed by atoms with Crippen molar-refractivity contribution in [3.63, 3.8) is 0 Å². The quantitative estimate of drug-likeness (QED) is 0.231. The van der Waals surface area contributed by atoms with E-state index >= 15 is 0 Å². The Kier molecular flexibility index (Phi) is 18.3. The van der Waals surface area contributed by atoms with Crippen molar-refractivity contribution < 1.29 is 27.0 Å². The van der Waals surface area contributed by atoms with Gasteiger partial charge in [-0.1, -0.05) is 53.4 Å². The van der Waals surface area contributed by atoms with Gasteiger partial charge in [0.15, 0.2) is 0 Å². The molecule has 7 nitrogen and oxygen atoms in total. The molecule has 0 rings (SSSR count). The number of carbonyl (C=O) groups is 1. The first-order chi connectivity index (χ1) is 14.8. The minimum Gasteiger partial charge on any atom is -0.748 e. The molecule has 0 aliphatic heterocycles. The van der Waals surface area contributed by atoms with E-state index in [0.717, 1.165) is 4.90 Å². The highest BCUT2D eigenvalue weighted by molar-refractivity contribution is 7.85. The third kappa shape index (κ3) is 19.8. The van der Waals surface area contributed by atoms with Gasteiger partial charge >= 0.3 is 6.09 Å². The molecule has 32 heavy (non-hydrogen) atoms. The van der Waals surface area contributed by atoms with Crippen LogP contribution in [0.3, 0.4) is 0 Å². The van der Waals surface area contributed by atoms with Crippen molar-refractivity contribution in [3.8, 4) is 0 Å². The zero-order valence-corrected chi connectivity index (χ0v) is 23.1. The van der Waals surface area contributed by atoms with Crippen LogP contribution in [0.4, 0.5) is 4.79 Å². The van der Waals surface area contributed by atoms with E-state index in [1.54, 1.807) is 20.8 Å². The van der Waals surface area contributed by atoms with Gasteiger partial charge in [-0.15, -0.1) is 0 Å². The van der Waals surface area contributed by atoms with Crippen molar-refractivity contribution in [2.75, 3.05) is 45.5 Å². The van der Waals surface area contributed by atoms with Gasteiger partial charge in [-0.3, -0.25) is 0 Å². The van der Waals surface area contributed by atoms with Crippen molar-refractivity contribution in [3.05, 3.63) is 0 Å². The summed E-state index contributed by atoms with van der Waals surface area (Å²) in [6, 6.07) is 0. The molecule has 0 fully saturated rings. The van der Waals surface area contributed by atoms with Gasteiger partial charge in [0, 0.05) is 13.6 Å². The second-order valence-corrected chi connectivity index (χ2v) is 11.3. The molecule has 0 heterocycles. The minimum atomic E-state index is -4.30. The molecule has 0 aromatic heterocycles. The molecule has 0 saturated heterocycles. The van der Waals surface area contributed by atoms with Crippen molar-refractivity contribution in [1.29, 1.82) is 0 Å². The lowest BCUT2D eigenvalue weighted by Crippen LogP contribution is -2.50. The first kappa shape index (κ1) is 33.3. The van der Waals surface area contributed by atoms with Crippen LogP contribution in [0.5, 0.6) is 0 Å². The Balaban J connectivity index is 0. The van der Waals surface area contributed by atoms with Crippen molar-refractivity contribution >= 4 is 16.2 Å². The molecule has 0 unspecified atom stereocenters. The molecule has 0 bridgehead atoms. The van der Waals surface area contributed by atoms with E-state index in [-0.39, 0.29) is 6.54 Å². The highest BCUT2D eigenvalue weighted by atomic mass is 32.2. The van der Waals surface area contributed by atoms with Gasteiger partial charge in [0.2, 0.25) is 0 Å².